The number of aryl methyl sites for hydroxylation is 2. The topological polar surface area (TPSA) is 92.1 Å². The van der Waals surface area contributed by atoms with Gasteiger partial charge in [0, 0.05) is 50.0 Å². The molecular weight excluding hydrogens is 476 g/mol. The maximum Gasteiger partial charge on any atom is 0.321 e. The zero-order chi connectivity index (χ0) is 25.2. The van der Waals surface area contributed by atoms with E-state index in [0.29, 0.717) is 48.4 Å². The van der Waals surface area contributed by atoms with Crippen molar-refractivity contribution in [1.29, 1.82) is 0 Å². The minimum absolute atomic E-state index is 0.0906. The van der Waals surface area contributed by atoms with Crippen LogP contribution in [0.15, 0.2) is 53.3 Å². The Morgan fingerprint density at radius 3 is 2.53 bits per heavy atom. The van der Waals surface area contributed by atoms with Gasteiger partial charge in [0.05, 0.1) is 12.8 Å². The number of nitrogens with one attached hydrogen (secondary N) is 1. The second-order valence-electron chi connectivity index (χ2n) is 8.99. The van der Waals surface area contributed by atoms with Crippen molar-refractivity contribution in [2.24, 2.45) is 0 Å². The molecule has 5 rings (SSSR count). The molecular formula is C26H28N6O3S. The van der Waals surface area contributed by atoms with Gasteiger partial charge in [-0.15, -0.1) is 0 Å². The summed E-state index contributed by atoms with van der Waals surface area (Å²) >= 11 is 1.37. The van der Waals surface area contributed by atoms with Crippen LogP contribution in [0.25, 0.3) is 15.5 Å². The van der Waals surface area contributed by atoms with Gasteiger partial charge in [-0.3, -0.25) is 9.69 Å². The number of hydrogen-bond acceptors (Lipinski definition) is 7. The normalized spacial score (nSPS) is 14.2. The van der Waals surface area contributed by atoms with Crippen LogP contribution in [0.2, 0.25) is 0 Å². The van der Waals surface area contributed by atoms with Crippen molar-refractivity contribution in [3.05, 3.63) is 75.7 Å². The number of hydrogen-bond donors (Lipinski definition) is 1. The number of aromatic nitrogens is 3. The first-order valence-electron chi connectivity index (χ1n) is 11.8. The molecule has 2 aromatic carbocycles. The van der Waals surface area contributed by atoms with Crippen molar-refractivity contribution in [1.82, 2.24) is 24.4 Å². The van der Waals surface area contributed by atoms with Crippen molar-refractivity contribution in [3.63, 3.8) is 0 Å². The quantitative estimate of drug-likeness (QED) is 0.445. The van der Waals surface area contributed by atoms with Gasteiger partial charge >= 0.3 is 6.03 Å². The smallest absolute Gasteiger partial charge is 0.321 e. The lowest BCUT2D eigenvalue weighted by Gasteiger charge is -2.34. The molecule has 10 heteroatoms. The number of ether oxygens (including phenoxy) is 1. The highest BCUT2D eigenvalue weighted by molar-refractivity contribution is 7.19. The van der Waals surface area contributed by atoms with E-state index in [1.54, 1.807) is 13.2 Å². The number of urea groups is 1. The number of piperazine rings is 1. The van der Waals surface area contributed by atoms with Gasteiger partial charge in [0.1, 0.15) is 10.8 Å². The minimum Gasteiger partial charge on any atom is -0.497 e. The lowest BCUT2D eigenvalue weighted by Crippen LogP contribution is -2.49. The first-order valence-corrected chi connectivity index (χ1v) is 12.6. The fourth-order valence-electron chi connectivity index (χ4n) is 4.40. The fourth-order valence-corrected chi connectivity index (χ4v) is 5.32. The lowest BCUT2D eigenvalue weighted by molar-refractivity contribution is 0.142. The zero-order valence-electron chi connectivity index (χ0n) is 20.5. The first-order chi connectivity index (χ1) is 17.4. The van der Waals surface area contributed by atoms with Crippen LogP contribution >= 0.6 is 11.3 Å². The Morgan fingerprint density at radius 1 is 1.06 bits per heavy atom. The molecule has 0 aliphatic carbocycles. The Balaban J connectivity index is 1.23. The number of benzene rings is 2. The lowest BCUT2D eigenvalue weighted by atomic mass is 10.1. The molecule has 1 saturated heterocycles. The summed E-state index contributed by atoms with van der Waals surface area (Å²) in [7, 11) is 1.62. The van der Waals surface area contributed by atoms with Crippen molar-refractivity contribution in [3.8, 4) is 16.3 Å². The molecule has 36 heavy (non-hydrogen) atoms. The van der Waals surface area contributed by atoms with Crippen LogP contribution < -0.4 is 15.6 Å². The molecule has 0 atom stereocenters. The summed E-state index contributed by atoms with van der Waals surface area (Å²) in [6.45, 7) is 7.22. The van der Waals surface area contributed by atoms with Gasteiger partial charge < -0.3 is 15.0 Å². The van der Waals surface area contributed by atoms with E-state index in [0.717, 1.165) is 28.1 Å². The summed E-state index contributed by atoms with van der Waals surface area (Å²) in [4.78, 5) is 34.8. The van der Waals surface area contributed by atoms with Gasteiger partial charge in [0.25, 0.3) is 5.56 Å². The molecule has 4 aromatic rings. The molecule has 0 bridgehead atoms. The number of anilines is 1. The highest BCUT2D eigenvalue weighted by Crippen LogP contribution is 2.27. The van der Waals surface area contributed by atoms with Gasteiger partial charge in [0.2, 0.25) is 4.96 Å². The number of methoxy groups -OCH3 is 1. The molecule has 186 valence electrons. The van der Waals surface area contributed by atoms with E-state index in [9.17, 15) is 9.59 Å². The fraction of sp³-hybridized carbons (Fsp3) is 0.308. The number of carbonyl (C=O) groups is 1. The Morgan fingerprint density at radius 2 is 1.81 bits per heavy atom. The molecule has 2 aromatic heterocycles. The third-order valence-corrected chi connectivity index (χ3v) is 7.09. The average molecular weight is 505 g/mol. The van der Waals surface area contributed by atoms with Crippen LogP contribution in [0.3, 0.4) is 0 Å². The number of nitrogens with zero attached hydrogens (tertiary/aromatic N) is 5. The standard InChI is InChI=1S/C26H28N6O3S/c1-17-11-18(2)13-20(12-17)27-25(34)31-9-7-30(8-10-31)16-21-15-23(33)32-26(28-21)36-24(29-32)19-5-4-6-22(14-19)35-3/h4-6,11-15H,7-10,16H2,1-3H3,(H,27,34). The number of amides is 2. The van der Waals surface area contributed by atoms with Gasteiger partial charge in [0.15, 0.2) is 0 Å². The summed E-state index contributed by atoms with van der Waals surface area (Å²) < 4.78 is 6.64. The zero-order valence-corrected chi connectivity index (χ0v) is 21.3. The minimum atomic E-state index is -0.202. The second kappa shape index (κ2) is 10.1. The summed E-state index contributed by atoms with van der Waals surface area (Å²) in [5.74, 6) is 0.731. The summed E-state index contributed by atoms with van der Waals surface area (Å²) in [5.41, 5.74) is 4.43. The highest BCUT2D eigenvalue weighted by atomic mass is 32.1. The van der Waals surface area contributed by atoms with E-state index in [1.165, 1.54) is 15.9 Å². The molecule has 9 nitrogen and oxygen atoms in total. The van der Waals surface area contributed by atoms with E-state index in [-0.39, 0.29) is 11.6 Å². The maximum absolute atomic E-state index is 12.7. The predicted octanol–water partition coefficient (Wildman–Crippen LogP) is 3.79. The molecule has 3 heterocycles. The molecule has 1 N–H and O–H groups in total. The Bertz CT molecular complexity index is 1450. The number of carbonyl (C=O) groups excluding carboxylic acids is 1. The third-order valence-electron chi connectivity index (χ3n) is 6.13. The second-order valence-corrected chi connectivity index (χ2v) is 9.94. The molecule has 1 aliphatic heterocycles. The van der Waals surface area contributed by atoms with Crippen LogP contribution in [-0.4, -0.2) is 63.7 Å². The SMILES string of the molecule is COc1cccc(-c2nn3c(=O)cc(CN4CCN(C(=O)Nc5cc(C)cc(C)c5)CC4)nc3s2)c1. The van der Waals surface area contributed by atoms with E-state index in [4.69, 9.17) is 9.72 Å². The molecule has 0 radical (unpaired) electrons. The van der Waals surface area contributed by atoms with Crippen molar-refractivity contribution in [2.75, 3.05) is 38.6 Å². The van der Waals surface area contributed by atoms with Gasteiger partial charge in [-0.1, -0.05) is 29.5 Å². The molecule has 1 fully saturated rings. The van der Waals surface area contributed by atoms with E-state index in [1.807, 2.05) is 55.1 Å². The van der Waals surface area contributed by atoms with Gasteiger partial charge in [-0.05, 0) is 49.2 Å². The summed E-state index contributed by atoms with van der Waals surface area (Å²) in [5, 5.41) is 8.17. The molecule has 0 saturated carbocycles. The monoisotopic (exact) mass is 504 g/mol. The van der Waals surface area contributed by atoms with Crippen LogP contribution in [0.1, 0.15) is 16.8 Å². The molecule has 0 unspecified atom stereocenters. The van der Waals surface area contributed by atoms with Crippen molar-refractivity contribution >= 4 is 28.0 Å². The Kier molecular flexibility index (Phi) is 6.71. The van der Waals surface area contributed by atoms with Crippen LogP contribution in [0, 0.1) is 13.8 Å². The van der Waals surface area contributed by atoms with Gasteiger partial charge in [-0.2, -0.15) is 9.61 Å². The summed E-state index contributed by atoms with van der Waals surface area (Å²) in [6, 6.07) is 15.1. The average Bonchev–Trinajstić information content (AvgIpc) is 3.29. The molecule has 0 spiro atoms. The first kappa shape index (κ1) is 24.0. The highest BCUT2D eigenvalue weighted by Gasteiger charge is 2.22. The molecule has 2 amide bonds. The van der Waals surface area contributed by atoms with E-state index >= 15 is 0 Å². The molecule has 1 aliphatic rings. The van der Waals surface area contributed by atoms with E-state index < -0.39 is 0 Å². The van der Waals surface area contributed by atoms with Gasteiger partial charge in [-0.25, -0.2) is 9.78 Å². The maximum atomic E-state index is 12.7. The van der Waals surface area contributed by atoms with Crippen molar-refractivity contribution in [2.45, 2.75) is 20.4 Å². The van der Waals surface area contributed by atoms with Crippen LogP contribution in [0.5, 0.6) is 5.75 Å². The third kappa shape index (κ3) is 5.24. The largest absolute Gasteiger partial charge is 0.497 e. The van der Waals surface area contributed by atoms with Crippen LogP contribution in [-0.2, 0) is 6.54 Å². The Labute approximate surface area is 213 Å². The number of fused-ring (bicyclic) bond motifs is 1. The van der Waals surface area contributed by atoms with Crippen molar-refractivity contribution < 1.29 is 9.53 Å². The summed E-state index contributed by atoms with van der Waals surface area (Å²) in [6.07, 6.45) is 0. The van der Waals surface area contributed by atoms with E-state index in [2.05, 4.69) is 21.4 Å². The van der Waals surface area contributed by atoms with Crippen LogP contribution in [0.4, 0.5) is 10.5 Å². The Hall–Kier alpha value is -3.76. The number of rotatable bonds is 5. The predicted molar refractivity (Wildman–Crippen MR) is 141 cm³/mol.